The molecule has 0 unspecified atom stereocenters. The van der Waals surface area contributed by atoms with E-state index in [4.69, 9.17) is 0 Å². The minimum atomic E-state index is -3.51. The summed E-state index contributed by atoms with van der Waals surface area (Å²) in [7, 11) is -1.80. The van der Waals surface area contributed by atoms with Gasteiger partial charge in [-0.2, -0.15) is 4.31 Å². The van der Waals surface area contributed by atoms with Crippen LogP contribution in [0.25, 0.3) is 0 Å². The zero-order chi connectivity index (χ0) is 20.4. The Bertz CT molecular complexity index is 843. The van der Waals surface area contributed by atoms with E-state index in [1.165, 1.54) is 25.7 Å². The Balaban J connectivity index is 1.48. The van der Waals surface area contributed by atoms with E-state index >= 15 is 0 Å². The van der Waals surface area contributed by atoms with E-state index < -0.39 is 10.0 Å². The molecule has 6 nitrogen and oxygen atoms in total. The van der Waals surface area contributed by atoms with Gasteiger partial charge in [0.25, 0.3) is 0 Å². The normalized spacial score (nSPS) is 21.4. The molecular formula is C22H33N3O3S. The number of sulfonamides is 1. The Hall–Kier alpha value is -1.60. The number of fused-ring (bicyclic) bond motifs is 1. The van der Waals surface area contributed by atoms with Crippen LogP contribution in [0.15, 0.2) is 23.1 Å². The lowest BCUT2D eigenvalue weighted by Gasteiger charge is -2.30. The van der Waals surface area contributed by atoms with Crippen LogP contribution in [0, 0.1) is 0 Å². The third-order valence-electron chi connectivity index (χ3n) is 6.89. The predicted molar refractivity (Wildman–Crippen MR) is 115 cm³/mol. The highest BCUT2D eigenvalue weighted by Gasteiger charge is 2.32. The Morgan fingerprint density at radius 1 is 1.03 bits per heavy atom. The molecule has 2 aliphatic carbocycles. The fourth-order valence-corrected chi connectivity index (χ4v) is 6.52. The van der Waals surface area contributed by atoms with Crippen molar-refractivity contribution in [2.45, 2.75) is 87.6 Å². The molecule has 4 rings (SSSR count). The summed E-state index contributed by atoms with van der Waals surface area (Å²) in [5, 5.41) is 3.17. The van der Waals surface area contributed by atoms with E-state index in [9.17, 15) is 13.2 Å². The molecule has 7 heteroatoms. The van der Waals surface area contributed by atoms with Crippen molar-refractivity contribution in [1.82, 2.24) is 9.62 Å². The molecule has 2 saturated carbocycles. The van der Waals surface area contributed by atoms with Crippen molar-refractivity contribution >= 4 is 21.7 Å². The van der Waals surface area contributed by atoms with E-state index in [0.717, 1.165) is 49.8 Å². The summed E-state index contributed by atoms with van der Waals surface area (Å²) in [6, 6.07) is 5.57. The molecule has 1 aromatic carbocycles. The Labute approximate surface area is 174 Å². The molecular weight excluding hydrogens is 386 g/mol. The van der Waals surface area contributed by atoms with Crippen molar-refractivity contribution in [3.8, 4) is 0 Å². The first-order chi connectivity index (χ1) is 14.0. The van der Waals surface area contributed by atoms with E-state index in [-0.39, 0.29) is 18.1 Å². The standard InChI is InChI=1S/C22H33N3O3S/c1-24(19-10-6-3-7-11-19)29(27,28)20-12-13-21-17(16-20)14-15-25(21)22(26)23-18-8-4-2-5-9-18/h12-13,16,18-19H,2-11,14-15H2,1H3,(H,23,26). The van der Waals surface area contributed by atoms with Crippen molar-refractivity contribution in [3.05, 3.63) is 23.8 Å². The van der Waals surface area contributed by atoms with Gasteiger partial charge in [-0.05, 0) is 55.9 Å². The maximum absolute atomic E-state index is 13.1. The molecule has 2 amide bonds. The highest BCUT2D eigenvalue weighted by Crippen LogP contribution is 2.33. The molecule has 2 fully saturated rings. The summed E-state index contributed by atoms with van der Waals surface area (Å²) in [6.45, 7) is 0.607. The largest absolute Gasteiger partial charge is 0.335 e. The van der Waals surface area contributed by atoms with Crippen LogP contribution < -0.4 is 10.2 Å². The van der Waals surface area contributed by atoms with Gasteiger partial charge in [-0.15, -0.1) is 0 Å². The number of benzene rings is 1. The van der Waals surface area contributed by atoms with Crippen LogP contribution in [0.1, 0.15) is 69.8 Å². The van der Waals surface area contributed by atoms with Crippen LogP contribution in [0.5, 0.6) is 0 Å². The van der Waals surface area contributed by atoms with E-state index in [0.29, 0.717) is 17.9 Å². The van der Waals surface area contributed by atoms with E-state index in [1.807, 2.05) is 6.07 Å². The number of hydrogen-bond acceptors (Lipinski definition) is 3. The van der Waals surface area contributed by atoms with Gasteiger partial charge >= 0.3 is 6.03 Å². The number of amides is 2. The van der Waals surface area contributed by atoms with E-state index in [2.05, 4.69) is 5.32 Å². The van der Waals surface area contributed by atoms with Gasteiger partial charge in [0.1, 0.15) is 0 Å². The molecule has 0 spiro atoms. The molecule has 0 atom stereocenters. The number of hydrogen-bond donors (Lipinski definition) is 1. The van der Waals surface area contributed by atoms with Crippen molar-refractivity contribution in [2.24, 2.45) is 0 Å². The van der Waals surface area contributed by atoms with Gasteiger partial charge in [0.05, 0.1) is 4.90 Å². The highest BCUT2D eigenvalue weighted by molar-refractivity contribution is 7.89. The first kappa shape index (κ1) is 20.7. The third kappa shape index (κ3) is 4.31. The number of nitrogens with zero attached hydrogens (tertiary/aromatic N) is 2. The number of urea groups is 1. The molecule has 3 aliphatic rings. The zero-order valence-electron chi connectivity index (χ0n) is 17.4. The second-order valence-electron chi connectivity index (χ2n) is 8.79. The van der Waals surface area contributed by atoms with Crippen molar-refractivity contribution in [1.29, 1.82) is 0 Å². The van der Waals surface area contributed by atoms with Crippen LogP contribution in [0.2, 0.25) is 0 Å². The molecule has 1 heterocycles. The van der Waals surface area contributed by atoms with Crippen molar-refractivity contribution in [2.75, 3.05) is 18.5 Å². The van der Waals surface area contributed by atoms with Crippen LogP contribution >= 0.6 is 0 Å². The first-order valence-corrected chi connectivity index (χ1v) is 12.6. The summed E-state index contributed by atoms with van der Waals surface area (Å²) < 4.78 is 27.9. The second kappa shape index (κ2) is 8.64. The molecule has 0 radical (unpaired) electrons. The van der Waals surface area contributed by atoms with Gasteiger partial charge in [0, 0.05) is 31.4 Å². The summed E-state index contributed by atoms with van der Waals surface area (Å²) >= 11 is 0. The zero-order valence-corrected chi connectivity index (χ0v) is 18.2. The fourth-order valence-electron chi connectivity index (χ4n) is 5.06. The summed E-state index contributed by atoms with van der Waals surface area (Å²) in [5.74, 6) is 0. The monoisotopic (exact) mass is 419 g/mol. The Kier molecular flexibility index (Phi) is 6.16. The molecule has 0 aromatic heterocycles. The lowest BCUT2D eigenvalue weighted by atomic mass is 9.96. The smallest absolute Gasteiger partial charge is 0.322 e. The topological polar surface area (TPSA) is 69.7 Å². The molecule has 0 bridgehead atoms. The number of carbonyl (C=O) groups excluding carboxylic acids is 1. The van der Waals surface area contributed by atoms with E-state index in [1.54, 1.807) is 28.4 Å². The third-order valence-corrected chi connectivity index (χ3v) is 8.80. The average molecular weight is 420 g/mol. The van der Waals surface area contributed by atoms with Crippen LogP contribution in [-0.2, 0) is 16.4 Å². The number of nitrogens with one attached hydrogen (secondary N) is 1. The lowest BCUT2D eigenvalue weighted by Crippen LogP contribution is -2.45. The maximum Gasteiger partial charge on any atom is 0.322 e. The molecule has 1 N–H and O–H groups in total. The SMILES string of the molecule is CN(C1CCCCC1)S(=O)(=O)c1ccc2c(c1)CCN2C(=O)NC1CCCCC1. The maximum atomic E-state index is 13.1. The summed E-state index contributed by atoms with van der Waals surface area (Å²) in [5.41, 5.74) is 1.79. The molecule has 1 aromatic rings. The van der Waals surface area contributed by atoms with Gasteiger partial charge in [-0.25, -0.2) is 13.2 Å². The van der Waals surface area contributed by atoms with Crippen molar-refractivity contribution < 1.29 is 13.2 Å². The fraction of sp³-hybridized carbons (Fsp3) is 0.682. The first-order valence-electron chi connectivity index (χ1n) is 11.2. The van der Waals surface area contributed by atoms with Crippen LogP contribution in [0.3, 0.4) is 0 Å². The predicted octanol–water partition coefficient (Wildman–Crippen LogP) is 4.04. The van der Waals surface area contributed by atoms with Gasteiger partial charge in [-0.3, -0.25) is 4.90 Å². The molecule has 160 valence electrons. The number of anilines is 1. The molecule has 29 heavy (non-hydrogen) atoms. The highest BCUT2D eigenvalue weighted by atomic mass is 32.2. The van der Waals surface area contributed by atoms with Crippen molar-refractivity contribution in [3.63, 3.8) is 0 Å². The van der Waals surface area contributed by atoms with Crippen LogP contribution in [0.4, 0.5) is 10.5 Å². The number of rotatable bonds is 4. The Morgan fingerprint density at radius 2 is 1.69 bits per heavy atom. The number of carbonyl (C=O) groups is 1. The summed E-state index contributed by atoms with van der Waals surface area (Å²) in [6.07, 6.45) is 11.7. The minimum absolute atomic E-state index is 0.0504. The van der Waals surface area contributed by atoms with Crippen LogP contribution in [-0.4, -0.2) is 44.4 Å². The summed E-state index contributed by atoms with van der Waals surface area (Å²) in [4.78, 5) is 14.9. The average Bonchev–Trinajstić information content (AvgIpc) is 3.18. The molecule has 1 aliphatic heterocycles. The lowest BCUT2D eigenvalue weighted by molar-refractivity contribution is 0.238. The minimum Gasteiger partial charge on any atom is -0.335 e. The van der Waals surface area contributed by atoms with Gasteiger partial charge in [-0.1, -0.05) is 38.5 Å². The van der Waals surface area contributed by atoms with Gasteiger partial charge in [0.15, 0.2) is 0 Å². The molecule has 0 saturated heterocycles. The Morgan fingerprint density at radius 3 is 2.38 bits per heavy atom. The quantitative estimate of drug-likeness (QED) is 0.801. The second-order valence-corrected chi connectivity index (χ2v) is 10.8. The van der Waals surface area contributed by atoms with Gasteiger partial charge < -0.3 is 5.32 Å². The van der Waals surface area contributed by atoms with Gasteiger partial charge in [0.2, 0.25) is 10.0 Å².